The van der Waals surface area contributed by atoms with E-state index in [2.05, 4.69) is 15.3 Å². The van der Waals surface area contributed by atoms with Gasteiger partial charge >= 0.3 is 6.18 Å². The number of pyridine rings is 1. The second-order valence-electron chi connectivity index (χ2n) is 8.42. The molecule has 0 aromatic carbocycles. The van der Waals surface area contributed by atoms with Crippen LogP contribution in [0, 0.1) is 10.1 Å². The summed E-state index contributed by atoms with van der Waals surface area (Å²) in [6.45, 7) is 3.99. The van der Waals surface area contributed by atoms with Crippen LogP contribution in [-0.2, 0) is 4.79 Å². The van der Waals surface area contributed by atoms with Gasteiger partial charge in [-0.1, -0.05) is 0 Å². The first kappa shape index (κ1) is 23.4. The molecule has 3 aliphatic rings. The number of carbonyl (C=O) groups excluding carboxylic acids is 1. The predicted octanol–water partition coefficient (Wildman–Crippen LogP) is 3.43. The number of alkyl halides is 3. The highest BCUT2D eigenvalue weighted by Gasteiger charge is 2.40. The molecule has 2 aliphatic heterocycles. The number of hydrogen-bond donors (Lipinski definition) is 1. The van der Waals surface area contributed by atoms with E-state index >= 15 is 0 Å². The van der Waals surface area contributed by atoms with Gasteiger partial charge in [-0.05, 0) is 60.9 Å². The average Bonchev–Trinajstić information content (AvgIpc) is 3.18. The summed E-state index contributed by atoms with van der Waals surface area (Å²) in [6.07, 6.45) is 3.45. The minimum Gasteiger partial charge on any atom is -0.345 e. The lowest BCUT2D eigenvalue weighted by atomic mass is 9.92. The van der Waals surface area contributed by atoms with Gasteiger partial charge in [0, 0.05) is 42.1 Å². The van der Waals surface area contributed by atoms with Gasteiger partial charge in [0.2, 0.25) is 6.04 Å². The average molecular weight is 473 g/mol. The fourth-order valence-electron chi connectivity index (χ4n) is 4.10. The van der Waals surface area contributed by atoms with Crippen molar-refractivity contribution in [1.29, 1.82) is 0 Å². The van der Waals surface area contributed by atoms with Crippen LogP contribution < -0.4 is 5.32 Å². The van der Waals surface area contributed by atoms with E-state index in [9.17, 15) is 28.1 Å². The molecule has 3 atom stereocenters. The van der Waals surface area contributed by atoms with Gasteiger partial charge in [-0.3, -0.25) is 24.9 Å². The van der Waals surface area contributed by atoms with Gasteiger partial charge in [-0.15, -0.1) is 0 Å². The van der Waals surface area contributed by atoms with Gasteiger partial charge in [0.1, 0.15) is 5.84 Å². The van der Waals surface area contributed by atoms with E-state index in [1.165, 1.54) is 13.0 Å². The van der Waals surface area contributed by atoms with Crippen molar-refractivity contribution >= 4 is 17.3 Å². The van der Waals surface area contributed by atoms with Crippen LogP contribution in [0.2, 0.25) is 0 Å². The normalized spacial score (nSPS) is 23.1. The Morgan fingerprint density at radius 1 is 1.29 bits per heavy atom. The monoisotopic (exact) mass is 473 g/mol. The molecule has 0 saturated carbocycles. The number of carbonyl (C=O) groups is 1. The van der Waals surface area contributed by atoms with Crippen LogP contribution >= 0.6 is 0 Å². The zero-order valence-electron chi connectivity index (χ0n) is 18.4. The number of nitrogens with one attached hydrogen (secondary N) is 1. The summed E-state index contributed by atoms with van der Waals surface area (Å²) in [4.78, 5) is 34.1. The lowest BCUT2D eigenvalue weighted by molar-refractivity contribution is -0.509. The molecule has 1 N–H and O–H groups in total. The quantitative estimate of drug-likeness (QED) is 0.522. The molecule has 0 radical (unpaired) electrons. The van der Waals surface area contributed by atoms with E-state index in [0.717, 1.165) is 17.2 Å². The molecule has 0 spiro atoms. The maximum atomic E-state index is 13.3. The number of allylic oxidation sites excluding steroid dienone is 2. The third kappa shape index (κ3) is 4.78. The number of amides is 1. The third-order valence-corrected chi connectivity index (χ3v) is 5.81. The van der Waals surface area contributed by atoms with Crippen LogP contribution in [0.15, 0.2) is 70.7 Å². The molecule has 0 bridgehead atoms. The summed E-state index contributed by atoms with van der Waals surface area (Å²) in [7, 11) is 0. The van der Waals surface area contributed by atoms with Crippen molar-refractivity contribution in [3.63, 3.8) is 0 Å². The van der Waals surface area contributed by atoms with E-state index in [-0.39, 0.29) is 17.2 Å². The number of halogens is 3. The van der Waals surface area contributed by atoms with Gasteiger partial charge in [0.05, 0.1) is 17.7 Å². The van der Waals surface area contributed by atoms with Crippen molar-refractivity contribution in [2.45, 2.75) is 44.6 Å². The van der Waals surface area contributed by atoms with Crippen molar-refractivity contribution in [1.82, 2.24) is 15.2 Å². The molecule has 34 heavy (non-hydrogen) atoms. The highest BCUT2D eigenvalue weighted by molar-refractivity contribution is 6.24. The minimum absolute atomic E-state index is 0.0357. The number of nitro groups is 1. The van der Waals surface area contributed by atoms with Crippen molar-refractivity contribution < 1.29 is 22.9 Å². The lowest BCUT2D eigenvalue weighted by Crippen LogP contribution is -2.41. The Balaban J connectivity index is 1.62. The molecule has 4 rings (SSSR count). The van der Waals surface area contributed by atoms with Crippen LogP contribution in [0.3, 0.4) is 0 Å². The van der Waals surface area contributed by atoms with Crippen LogP contribution in [-0.4, -0.2) is 57.4 Å². The maximum absolute atomic E-state index is 13.3. The second-order valence-corrected chi connectivity index (χ2v) is 8.42. The van der Waals surface area contributed by atoms with Gasteiger partial charge < -0.3 is 10.2 Å². The SMILES string of the molecule is C[C@@H]1CN2C=C(c3ccncc3)C=C(C(=O)N[C@H](C)C3=CC([N+](=O)[O-])CC(C(F)(F)F)=C3)C2=N1. The maximum Gasteiger partial charge on any atom is 0.412 e. The number of hydrogen-bond acceptors (Lipinski definition) is 6. The number of aliphatic imine (C=N–C) groups is 1. The van der Waals surface area contributed by atoms with E-state index in [0.29, 0.717) is 12.4 Å². The topological polar surface area (TPSA) is 101 Å². The van der Waals surface area contributed by atoms with Crippen LogP contribution in [0.25, 0.3) is 5.57 Å². The molecule has 1 aromatic rings. The third-order valence-electron chi connectivity index (χ3n) is 5.81. The smallest absolute Gasteiger partial charge is 0.345 e. The van der Waals surface area contributed by atoms with Crippen LogP contribution in [0.5, 0.6) is 0 Å². The molecule has 178 valence electrons. The van der Waals surface area contributed by atoms with Gasteiger partial charge in [-0.2, -0.15) is 13.2 Å². The molecule has 8 nitrogen and oxygen atoms in total. The molecule has 1 aromatic heterocycles. The van der Waals surface area contributed by atoms with Crippen molar-refractivity contribution in [3.8, 4) is 0 Å². The van der Waals surface area contributed by atoms with E-state index in [1.807, 2.05) is 18.0 Å². The Hall–Kier alpha value is -3.76. The number of fused-ring (bicyclic) bond motifs is 1. The molecule has 1 aliphatic carbocycles. The Bertz CT molecular complexity index is 1170. The highest BCUT2D eigenvalue weighted by Crippen LogP contribution is 2.35. The number of amidine groups is 1. The standard InChI is InChI=1S/C23H22F3N5O3/c1-13-11-30-12-17(15-3-5-27-6-4-15)9-20(21(30)28-13)22(32)29-14(2)16-7-18(23(24,25)26)10-19(8-16)31(33)34/h3-9,12-14,19H,10-11H2,1-2H3,(H,29,32)/t13-,14-,19?/m1/s1. The summed E-state index contributed by atoms with van der Waals surface area (Å²) in [5.41, 5.74) is 0.917. The van der Waals surface area contributed by atoms with Crippen molar-refractivity contribution in [2.24, 2.45) is 4.99 Å². The van der Waals surface area contributed by atoms with Crippen LogP contribution in [0.1, 0.15) is 25.8 Å². The van der Waals surface area contributed by atoms with Crippen molar-refractivity contribution in [3.05, 3.63) is 81.4 Å². The first-order valence-corrected chi connectivity index (χ1v) is 10.7. The number of nitrogens with zero attached hydrogens (tertiary/aromatic N) is 4. The molecular weight excluding hydrogens is 451 g/mol. The van der Waals surface area contributed by atoms with Gasteiger partial charge in [0.25, 0.3) is 5.91 Å². The highest BCUT2D eigenvalue weighted by atomic mass is 19.4. The zero-order valence-corrected chi connectivity index (χ0v) is 18.4. The first-order valence-electron chi connectivity index (χ1n) is 10.7. The predicted molar refractivity (Wildman–Crippen MR) is 119 cm³/mol. The van der Waals surface area contributed by atoms with Gasteiger partial charge in [0.15, 0.2) is 0 Å². The number of rotatable bonds is 5. The Kier molecular flexibility index (Phi) is 6.11. The summed E-state index contributed by atoms with van der Waals surface area (Å²) in [5, 5.41) is 13.9. The lowest BCUT2D eigenvalue weighted by Gasteiger charge is -2.26. The van der Waals surface area contributed by atoms with Crippen LogP contribution in [0.4, 0.5) is 13.2 Å². The molecule has 1 amide bonds. The van der Waals surface area contributed by atoms with E-state index in [4.69, 9.17) is 0 Å². The zero-order chi connectivity index (χ0) is 24.6. The van der Waals surface area contributed by atoms with E-state index < -0.39 is 41.1 Å². The Morgan fingerprint density at radius 3 is 2.65 bits per heavy atom. The first-order chi connectivity index (χ1) is 16.0. The van der Waals surface area contributed by atoms with E-state index in [1.54, 1.807) is 30.6 Å². The van der Waals surface area contributed by atoms with Crippen molar-refractivity contribution in [2.75, 3.05) is 6.54 Å². The molecule has 0 saturated heterocycles. The molecular formula is C23H22F3N5O3. The molecule has 11 heteroatoms. The summed E-state index contributed by atoms with van der Waals surface area (Å²) >= 11 is 0. The van der Waals surface area contributed by atoms with Gasteiger partial charge in [-0.25, -0.2) is 0 Å². The molecule has 3 heterocycles. The Morgan fingerprint density at radius 2 is 2.00 bits per heavy atom. The molecule has 0 fully saturated rings. The fourth-order valence-corrected chi connectivity index (χ4v) is 4.10. The fraction of sp³-hybridized carbons (Fsp3) is 0.348. The minimum atomic E-state index is -4.69. The second kappa shape index (κ2) is 8.88. The largest absolute Gasteiger partial charge is 0.412 e. The molecule has 1 unspecified atom stereocenters. The summed E-state index contributed by atoms with van der Waals surface area (Å²) < 4.78 is 39.9. The summed E-state index contributed by atoms with van der Waals surface area (Å²) in [5.74, 6) is -0.0570. The Labute approximate surface area is 193 Å². The summed E-state index contributed by atoms with van der Waals surface area (Å²) in [6, 6.07) is 1.15. The number of aromatic nitrogens is 1.